The molecule has 4 aromatic rings. The minimum Gasteiger partial charge on any atom is -0.317 e. The number of fused-ring (bicyclic) bond motifs is 1. The molecule has 0 spiro atoms. The van der Waals surface area contributed by atoms with Gasteiger partial charge in [0.05, 0.1) is 27.5 Å². The molecule has 1 aliphatic heterocycles. The van der Waals surface area contributed by atoms with Gasteiger partial charge in [-0.2, -0.15) is 0 Å². The SMILES string of the molecule is Cc1nc2ccc(-n3ccnc3-c3cn(C4CCNCC4)nn3)cc2s1.Cl. The Hall–Kier alpha value is -2.29. The number of nitrogens with one attached hydrogen (secondary N) is 1. The first-order chi connectivity index (χ1) is 12.8. The maximum absolute atomic E-state index is 4.53. The minimum absolute atomic E-state index is 0. The highest BCUT2D eigenvalue weighted by molar-refractivity contribution is 7.18. The van der Waals surface area contributed by atoms with Crippen molar-refractivity contribution in [2.75, 3.05) is 13.1 Å². The van der Waals surface area contributed by atoms with Gasteiger partial charge < -0.3 is 5.32 Å². The first-order valence-corrected chi connectivity index (χ1v) is 9.63. The van der Waals surface area contributed by atoms with Crippen molar-refractivity contribution < 1.29 is 0 Å². The molecule has 0 aliphatic carbocycles. The monoisotopic (exact) mass is 401 g/mol. The lowest BCUT2D eigenvalue weighted by atomic mass is 10.1. The van der Waals surface area contributed by atoms with Crippen molar-refractivity contribution in [1.82, 2.24) is 34.8 Å². The largest absolute Gasteiger partial charge is 0.317 e. The second-order valence-corrected chi connectivity index (χ2v) is 7.81. The third-order valence-electron chi connectivity index (χ3n) is 4.82. The van der Waals surface area contributed by atoms with E-state index in [9.17, 15) is 0 Å². The third-order valence-corrected chi connectivity index (χ3v) is 5.75. The van der Waals surface area contributed by atoms with Gasteiger partial charge in [-0.15, -0.1) is 28.8 Å². The van der Waals surface area contributed by atoms with Crippen LogP contribution in [0.4, 0.5) is 0 Å². The Bertz CT molecular complexity index is 1060. The third kappa shape index (κ3) is 3.36. The first-order valence-electron chi connectivity index (χ1n) is 8.82. The lowest BCUT2D eigenvalue weighted by Crippen LogP contribution is -2.29. The van der Waals surface area contributed by atoms with Crippen LogP contribution in [-0.4, -0.2) is 42.6 Å². The Labute approximate surface area is 166 Å². The Morgan fingerprint density at radius 1 is 1.22 bits per heavy atom. The zero-order chi connectivity index (χ0) is 17.5. The minimum atomic E-state index is 0. The summed E-state index contributed by atoms with van der Waals surface area (Å²) >= 11 is 1.71. The molecule has 3 aromatic heterocycles. The average molecular weight is 402 g/mol. The van der Waals surface area contributed by atoms with E-state index in [1.54, 1.807) is 17.5 Å². The summed E-state index contributed by atoms with van der Waals surface area (Å²) in [5.41, 5.74) is 2.90. The summed E-state index contributed by atoms with van der Waals surface area (Å²) in [6.45, 7) is 4.09. The number of piperidine rings is 1. The summed E-state index contributed by atoms with van der Waals surface area (Å²) in [6.07, 6.45) is 7.95. The molecule has 0 bridgehead atoms. The number of imidazole rings is 1. The summed E-state index contributed by atoms with van der Waals surface area (Å²) in [4.78, 5) is 9.06. The lowest BCUT2D eigenvalue weighted by molar-refractivity contribution is 0.337. The zero-order valence-corrected chi connectivity index (χ0v) is 16.5. The number of benzene rings is 1. The number of aryl methyl sites for hydroxylation is 1. The molecule has 7 nitrogen and oxygen atoms in total. The topological polar surface area (TPSA) is 73.5 Å². The molecule has 1 aromatic carbocycles. The summed E-state index contributed by atoms with van der Waals surface area (Å²) < 4.78 is 5.23. The van der Waals surface area contributed by atoms with Crippen molar-refractivity contribution in [3.05, 3.63) is 41.8 Å². The Balaban J connectivity index is 0.00000180. The number of rotatable bonds is 3. The van der Waals surface area contributed by atoms with Crippen molar-refractivity contribution in [3.8, 4) is 17.2 Å². The van der Waals surface area contributed by atoms with E-state index in [1.165, 1.54) is 4.70 Å². The van der Waals surface area contributed by atoms with Gasteiger partial charge in [-0.25, -0.2) is 14.6 Å². The number of aromatic nitrogens is 6. The van der Waals surface area contributed by atoms with E-state index in [1.807, 2.05) is 24.0 Å². The molecule has 0 unspecified atom stereocenters. The van der Waals surface area contributed by atoms with Crippen molar-refractivity contribution in [2.24, 2.45) is 0 Å². The van der Waals surface area contributed by atoms with Crippen LogP contribution >= 0.6 is 23.7 Å². The van der Waals surface area contributed by atoms with Gasteiger partial charge in [0.2, 0.25) is 0 Å². The normalized spacial score (nSPS) is 15.1. The smallest absolute Gasteiger partial charge is 0.166 e. The predicted octanol–water partition coefficient (Wildman–Crippen LogP) is 3.40. The molecule has 1 aliphatic rings. The van der Waals surface area contributed by atoms with Gasteiger partial charge in [0.25, 0.3) is 0 Å². The van der Waals surface area contributed by atoms with E-state index in [2.05, 4.69) is 48.4 Å². The molecule has 0 radical (unpaired) electrons. The second kappa shape index (κ2) is 7.38. The van der Waals surface area contributed by atoms with Crippen LogP contribution in [0.1, 0.15) is 23.9 Å². The zero-order valence-electron chi connectivity index (χ0n) is 14.9. The number of thiazole rings is 1. The summed E-state index contributed by atoms with van der Waals surface area (Å²) in [7, 11) is 0. The number of hydrogen-bond donors (Lipinski definition) is 1. The fourth-order valence-corrected chi connectivity index (χ4v) is 4.37. The molecule has 0 amide bonds. The summed E-state index contributed by atoms with van der Waals surface area (Å²) in [5.74, 6) is 0.811. The molecule has 9 heteroatoms. The van der Waals surface area contributed by atoms with E-state index in [0.29, 0.717) is 6.04 Å². The molecule has 140 valence electrons. The molecule has 0 atom stereocenters. The highest BCUT2D eigenvalue weighted by Gasteiger charge is 2.19. The van der Waals surface area contributed by atoms with Crippen LogP contribution in [0.25, 0.3) is 27.4 Å². The van der Waals surface area contributed by atoms with Crippen LogP contribution in [0.3, 0.4) is 0 Å². The quantitative estimate of drug-likeness (QED) is 0.569. The lowest BCUT2D eigenvalue weighted by Gasteiger charge is -2.22. The number of nitrogens with zero attached hydrogens (tertiary/aromatic N) is 6. The molecule has 0 saturated carbocycles. The molecular weight excluding hydrogens is 382 g/mol. The van der Waals surface area contributed by atoms with E-state index in [4.69, 9.17) is 0 Å². The fraction of sp³-hybridized carbons (Fsp3) is 0.333. The van der Waals surface area contributed by atoms with Crippen LogP contribution in [0, 0.1) is 6.92 Å². The number of hydrogen-bond acceptors (Lipinski definition) is 6. The second-order valence-electron chi connectivity index (χ2n) is 6.57. The van der Waals surface area contributed by atoms with Gasteiger partial charge in [-0.1, -0.05) is 5.21 Å². The molecule has 1 fully saturated rings. The number of halogens is 1. The predicted molar refractivity (Wildman–Crippen MR) is 109 cm³/mol. The summed E-state index contributed by atoms with van der Waals surface area (Å²) in [6, 6.07) is 6.70. The standard InChI is InChI=1S/C18H19N7S.ClH/c1-12-21-15-3-2-14(10-17(15)26-12)24-9-8-20-18(24)16-11-25(23-22-16)13-4-6-19-7-5-13;/h2-3,8-11,13,19H,4-7H2,1H3;1H. The van der Waals surface area contributed by atoms with Gasteiger partial charge in [0, 0.05) is 18.1 Å². The van der Waals surface area contributed by atoms with Crippen LogP contribution in [0.15, 0.2) is 36.8 Å². The summed E-state index contributed by atoms with van der Waals surface area (Å²) in [5, 5.41) is 13.2. The first kappa shape index (κ1) is 18.1. The molecule has 1 saturated heterocycles. The van der Waals surface area contributed by atoms with Gasteiger partial charge in [0.15, 0.2) is 5.82 Å². The maximum atomic E-state index is 4.53. The average Bonchev–Trinajstić information content (AvgIpc) is 3.39. The van der Waals surface area contributed by atoms with E-state index < -0.39 is 0 Å². The van der Waals surface area contributed by atoms with Gasteiger partial charge in [-0.3, -0.25) is 4.57 Å². The Morgan fingerprint density at radius 2 is 2.07 bits per heavy atom. The fourth-order valence-electron chi connectivity index (χ4n) is 3.51. The molecule has 5 rings (SSSR count). The van der Waals surface area contributed by atoms with E-state index in [-0.39, 0.29) is 12.4 Å². The van der Waals surface area contributed by atoms with Crippen molar-refractivity contribution in [3.63, 3.8) is 0 Å². The van der Waals surface area contributed by atoms with E-state index in [0.717, 1.165) is 53.7 Å². The molecule has 1 N–H and O–H groups in total. The van der Waals surface area contributed by atoms with Crippen LogP contribution in [-0.2, 0) is 0 Å². The molecule has 27 heavy (non-hydrogen) atoms. The van der Waals surface area contributed by atoms with Crippen molar-refractivity contribution >= 4 is 34.0 Å². The Kier molecular flexibility index (Phi) is 4.94. The molecular formula is C18H20ClN7S. The maximum Gasteiger partial charge on any atom is 0.166 e. The Morgan fingerprint density at radius 3 is 2.93 bits per heavy atom. The van der Waals surface area contributed by atoms with Gasteiger partial charge in [0.1, 0.15) is 5.69 Å². The molecule has 4 heterocycles. The highest BCUT2D eigenvalue weighted by atomic mass is 35.5. The van der Waals surface area contributed by atoms with E-state index >= 15 is 0 Å². The van der Waals surface area contributed by atoms with Crippen molar-refractivity contribution in [2.45, 2.75) is 25.8 Å². The van der Waals surface area contributed by atoms with Crippen molar-refractivity contribution in [1.29, 1.82) is 0 Å². The van der Waals surface area contributed by atoms with Crippen LogP contribution in [0.5, 0.6) is 0 Å². The highest BCUT2D eigenvalue weighted by Crippen LogP contribution is 2.27. The van der Waals surface area contributed by atoms with Gasteiger partial charge in [-0.05, 0) is 51.1 Å². The van der Waals surface area contributed by atoms with Gasteiger partial charge >= 0.3 is 0 Å². The van der Waals surface area contributed by atoms with Crippen LogP contribution in [0.2, 0.25) is 0 Å². The van der Waals surface area contributed by atoms with Crippen LogP contribution < -0.4 is 5.32 Å².